The molecule has 0 radical (unpaired) electrons. The van der Waals surface area contributed by atoms with E-state index in [1.807, 2.05) is 52.0 Å². The fourth-order valence-corrected chi connectivity index (χ4v) is 3.37. The topological polar surface area (TPSA) is 49.3 Å². The zero-order valence-electron chi connectivity index (χ0n) is 15.1. The summed E-state index contributed by atoms with van der Waals surface area (Å²) in [6, 6.07) is 2.27. The van der Waals surface area contributed by atoms with Crippen LogP contribution in [-0.4, -0.2) is 53.2 Å². The van der Waals surface area contributed by atoms with Crippen molar-refractivity contribution in [3.05, 3.63) is 11.8 Å². The standard InChI is InChI=1S/C17H28N4OS/c1-12-10-14(19-16(18-12)23-6)21-9-7-8-13(11-21)20(5)15(22)17(2,3)4/h10,13H,7-9,11H2,1-6H3. The average molecular weight is 337 g/mol. The summed E-state index contributed by atoms with van der Waals surface area (Å²) >= 11 is 1.56. The summed E-state index contributed by atoms with van der Waals surface area (Å²) < 4.78 is 0. The summed E-state index contributed by atoms with van der Waals surface area (Å²) in [5.41, 5.74) is 0.648. The maximum absolute atomic E-state index is 12.5. The monoisotopic (exact) mass is 336 g/mol. The number of aromatic nitrogens is 2. The van der Waals surface area contributed by atoms with Gasteiger partial charge in [0.1, 0.15) is 5.82 Å². The van der Waals surface area contributed by atoms with Crippen LogP contribution in [0.15, 0.2) is 11.2 Å². The fraction of sp³-hybridized carbons (Fsp3) is 0.706. The van der Waals surface area contributed by atoms with E-state index in [9.17, 15) is 4.79 Å². The van der Waals surface area contributed by atoms with E-state index in [2.05, 4.69) is 14.9 Å². The SMILES string of the molecule is CSc1nc(C)cc(N2CCCC(N(C)C(=O)C(C)(C)C)C2)n1. The van der Waals surface area contributed by atoms with Crippen LogP contribution in [0, 0.1) is 12.3 Å². The second-order valence-corrected chi connectivity index (χ2v) is 8.04. The quantitative estimate of drug-likeness (QED) is 0.627. The minimum atomic E-state index is -0.339. The number of aryl methyl sites for hydroxylation is 1. The van der Waals surface area contributed by atoms with Crippen molar-refractivity contribution in [3.63, 3.8) is 0 Å². The molecule has 0 bridgehead atoms. The molecule has 1 amide bonds. The van der Waals surface area contributed by atoms with Crippen LogP contribution in [0.25, 0.3) is 0 Å². The first-order valence-electron chi connectivity index (χ1n) is 8.14. The molecular weight excluding hydrogens is 308 g/mol. The van der Waals surface area contributed by atoms with Gasteiger partial charge in [0.2, 0.25) is 5.91 Å². The van der Waals surface area contributed by atoms with E-state index in [-0.39, 0.29) is 17.4 Å². The molecule has 1 aromatic rings. The Balaban J connectivity index is 2.15. The lowest BCUT2D eigenvalue weighted by molar-refractivity contribution is -0.140. The van der Waals surface area contributed by atoms with Crippen LogP contribution in [0.4, 0.5) is 5.82 Å². The zero-order valence-corrected chi connectivity index (χ0v) is 15.9. The molecule has 1 unspecified atom stereocenters. The number of amides is 1. The third kappa shape index (κ3) is 4.37. The van der Waals surface area contributed by atoms with E-state index in [4.69, 9.17) is 0 Å². The Kier molecular flexibility index (Phi) is 5.55. The Hall–Kier alpha value is -1.30. The van der Waals surface area contributed by atoms with E-state index in [1.54, 1.807) is 11.8 Å². The van der Waals surface area contributed by atoms with E-state index in [0.717, 1.165) is 42.6 Å². The molecule has 23 heavy (non-hydrogen) atoms. The van der Waals surface area contributed by atoms with Crippen LogP contribution >= 0.6 is 11.8 Å². The Bertz CT molecular complexity index is 570. The molecule has 5 nitrogen and oxygen atoms in total. The third-order valence-corrected chi connectivity index (χ3v) is 4.78. The highest BCUT2D eigenvalue weighted by Gasteiger charge is 2.32. The fourth-order valence-electron chi connectivity index (χ4n) is 2.95. The Labute approximate surface area is 143 Å². The van der Waals surface area contributed by atoms with Crippen molar-refractivity contribution in [1.29, 1.82) is 0 Å². The van der Waals surface area contributed by atoms with Crippen molar-refractivity contribution >= 4 is 23.5 Å². The Morgan fingerprint density at radius 3 is 2.70 bits per heavy atom. The molecule has 6 heteroatoms. The number of anilines is 1. The number of carbonyl (C=O) groups excluding carboxylic acids is 1. The van der Waals surface area contributed by atoms with Gasteiger partial charge in [-0.3, -0.25) is 4.79 Å². The number of piperidine rings is 1. The molecule has 0 aliphatic carbocycles. The molecule has 0 saturated carbocycles. The van der Waals surface area contributed by atoms with E-state index >= 15 is 0 Å². The normalized spacial score (nSPS) is 18.9. The van der Waals surface area contributed by atoms with Gasteiger partial charge >= 0.3 is 0 Å². The second-order valence-electron chi connectivity index (χ2n) is 7.26. The molecule has 1 atom stereocenters. The summed E-state index contributed by atoms with van der Waals surface area (Å²) in [7, 11) is 1.93. The zero-order chi connectivity index (χ0) is 17.2. The smallest absolute Gasteiger partial charge is 0.227 e. The van der Waals surface area contributed by atoms with Gasteiger partial charge in [0.15, 0.2) is 5.16 Å². The highest BCUT2D eigenvalue weighted by molar-refractivity contribution is 7.98. The lowest BCUT2D eigenvalue weighted by atomic mass is 9.93. The third-order valence-electron chi connectivity index (χ3n) is 4.23. The van der Waals surface area contributed by atoms with Crippen LogP contribution in [0.3, 0.4) is 0 Å². The van der Waals surface area contributed by atoms with Crippen LogP contribution in [-0.2, 0) is 4.79 Å². The van der Waals surface area contributed by atoms with Crippen LogP contribution in [0.5, 0.6) is 0 Å². The van der Waals surface area contributed by atoms with Crippen molar-refractivity contribution in [2.45, 2.75) is 51.7 Å². The van der Waals surface area contributed by atoms with Gasteiger partial charge in [-0.15, -0.1) is 0 Å². The van der Waals surface area contributed by atoms with Crippen LogP contribution in [0.1, 0.15) is 39.3 Å². The van der Waals surface area contributed by atoms with Crippen molar-refractivity contribution in [2.24, 2.45) is 5.41 Å². The predicted octanol–water partition coefficient (Wildman–Crippen LogP) is 2.98. The molecule has 1 aliphatic heterocycles. The predicted molar refractivity (Wildman–Crippen MR) is 96.0 cm³/mol. The summed E-state index contributed by atoms with van der Waals surface area (Å²) in [5, 5.41) is 0.807. The van der Waals surface area contributed by atoms with Crippen LogP contribution in [0.2, 0.25) is 0 Å². The van der Waals surface area contributed by atoms with Crippen molar-refractivity contribution in [3.8, 4) is 0 Å². The first-order valence-corrected chi connectivity index (χ1v) is 9.36. The number of thioether (sulfide) groups is 1. The van der Waals surface area contributed by atoms with E-state index < -0.39 is 0 Å². The summed E-state index contributed by atoms with van der Waals surface area (Å²) in [6.45, 7) is 9.75. The Morgan fingerprint density at radius 1 is 1.39 bits per heavy atom. The number of carbonyl (C=O) groups is 1. The molecule has 128 valence electrons. The van der Waals surface area contributed by atoms with Crippen molar-refractivity contribution in [2.75, 3.05) is 31.3 Å². The van der Waals surface area contributed by atoms with Crippen LogP contribution < -0.4 is 4.90 Å². The second kappa shape index (κ2) is 7.07. The van der Waals surface area contributed by atoms with Crippen molar-refractivity contribution in [1.82, 2.24) is 14.9 Å². The van der Waals surface area contributed by atoms with Crippen molar-refractivity contribution < 1.29 is 4.79 Å². The molecule has 0 N–H and O–H groups in total. The number of rotatable bonds is 3. The lowest BCUT2D eigenvalue weighted by Gasteiger charge is -2.40. The number of nitrogens with zero attached hydrogens (tertiary/aromatic N) is 4. The largest absolute Gasteiger partial charge is 0.354 e. The number of hydrogen-bond donors (Lipinski definition) is 0. The minimum absolute atomic E-state index is 0.202. The first kappa shape index (κ1) is 18.0. The molecule has 2 rings (SSSR count). The highest BCUT2D eigenvalue weighted by Crippen LogP contribution is 2.25. The van der Waals surface area contributed by atoms with Gasteiger partial charge in [0, 0.05) is 43.4 Å². The number of likely N-dealkylation sites (N-methyl/N-ethyl adjacent to an activating group) is 1. The first-order chi connectivity index (χ1) is 10.7. The summed E-state index contributed by atoms with van der Waals surface area (Å²) in [4.78, 5) is 25.8. The molecule has 1 fully saturated rings. The molecule has 2 heterocycles. The molecule has 0 aromatic carbocycles. The maximum atomic E-state index is 12.5. The number of hydrogen-bond acceptors (Lipinski definition) is 5. The highest BCUT2D eigenvalue weighted by atomic mass is 32.2. The van der Waals surface area contributed by atoms with Gasteiger partial charge in [0.05, 0.1) is 0 Å². The molecule has 1 saturated heterocycles. The molecule has 1 aromatic heterocycles. The summed E-state index contributed by atoms with van der Waals surface area (Å²) in [6.07, 6.45) is 4.12. The Morgan fingerprint density at radius 2 is 2.09 bits per heavy atom. The van der Waals surface area contributed by atoms with E-state index in [0.29, 0.717) is 0 Å². The van der Waals surface area contributed by atoms with Gasteiger partial charge in [0.25, 0.3) is 0 Å². The van der Waals surface area contributed by atoms with Gasteiger partial charge < -0.3 is 9.80 Å². The lowest BCUT2D eigenvalue weighted by Crippen LogP contribution is -2.51. The average Bonchev–Trinajstić information content (AvgIpc) is 2.52. The van der Waals surface area contributed by atoms with Gasteiger partial charge in [-0.25, -0.2) is 9.97 Å². The molecule has 1 aliphatic rings. The van der Waals surface area contributed by atoms with Gasteiger partial charge in [-0.1, -0.05) is 32.5 Å². The molecule has 0 spiro atoms. The maximum Gasteiger partial charge on any atom is 0.227 e. The van der Waals surface area contributed by atoms with Gasteiger partial charge in [-0.2, -0.15) is 0 Å². The van der Waals surface area contributed by atoms with E-state index in [1.165, 1.54) is 0 Å². The summed E-state index contributed by atoms with van der Waals surface area (Å²) in [5.74, 6) is 1.18. The molecular formula is C17H28N4OS. The minimum Gasteiger partial charge on any atom is -0.354 e. The van der Waals surface area contributed by atoms with Gasteiger partial charge in [-0.05, 0) is 26.0 Å².